The monoisotopic (exact) mass is 444 g/mol. The van der Waals surface area contributed by atoms with Crippen molar-refractivity contribution in [3.63, 3.8) is 0 Å². The Morgan fingerprint density at radius 3 is 2.55 bits per heavy atom. The normalized spacial score (nSPS) is 19.8. The molecule has 1 amide bonds. The molecule has 2 aromatic rings. The smallest absolute Gasteiger partial charge is 0.243 e. The first kappa shape index (κ1) is 21.6. The van der Waals surface area contributed by atoms with Crippen LogP contribution in [0, 0.1) is 0 Å². The molecule has 0 aromatic heterocycles. The lowest BCUT2D eigenvalue weighted by Crippen LogP contribution is -2.37. The van der Waals surface area contributed by atoms with Gasteiger partial charge >= 0.3 is 0 Å². The van der Waals surface area contributed by atoms with Crippen LogP contribution in [0.1, 0.15) is 44.2 Å². The van der Waals surface area contributed by atoms with Crippen molar-refractivity contribution in [2.75, 3.05) is 31.7 Å². The molecule has 0 radical (unpaired) electrons. The highest BCUT2D eigenvalue weighted by Crippen LogP contribution is 2.38. The maximum Gasteiger partial charge on any atom is 0.243 e. The minimum atomic E-state index is -3.75. The van der Waals surface area contributed by atoms with Gasteiger partial charge in [0.25, 0.3) is 0 Å². The van der Waals surface area contributed by atoms with E-state index < -0.39 is 10.0 Å². The molecule has 166 valence electrons. The molecule has 2 heterocycles. The van der Waals surface area contributed by atoms with Gasteiger partial charge in [0.1, 0.15) is 18.1 Å². The number of rotatable bonds is 4. The standard InChI is InChI=1S/C23H28N2O5S/c1-17(26)24-14-15-30-23-16-20(11-12-22(23)24)31(27,28)25-13-5-3-4-6-21(25)18-7-9-19(29-2)10-8-18/h7-12,16,21H,3-6,13-15H2,1-2H3. The average molecular weight is 445 g/mol. The van der Waals surface area contributed by atoms with Gasteiger partial charge in [-0.15, -0.1) is 0 Å². The Balaban J connectivity index is 1.70. The predicted molar refractivity (Wildman–Crippen MR) is 118 cm³/mol. The number of amides is 1. The summed E-state index contributed by atoms with van der Waals surface area (Å²) < 4.78 is 40.0. The van der Waals surface area contributed by atoms with Crippen LogP contribution in [0.4, 0.5) is 5.69 Å². The molecule has 0 aliphatic carbocycles. The molecular formula is C23H28N2O5S. The minimum Gasteiger partial charge on any atom is -0.497 e. The fourth-order valence-corrected chi connectivity index (χ4v) is 6.05. The van der Waals surface area contributed by atoms with Crippen LogP contribution in [-0.2, 0) is 14.8 Å². The first-order valence-electron chi connectivity index (χ1n) is 10.6. The van der Waals surface area contributed by atoms with Crippen LogP contribution in [0.25, 0.3) is 0 Å². The van der Waals surface area contributed by atoms with Gasteiger partial charge in [-0.3, -0.25) is 4.79 Å². The summed E-state index contributed by atoms with van der Waals surface area (Å²) in [5.41, 5.74) is 1.57. The lowest BCUT2D eigenvalue weighted by Gasteiger charge is -2.31. The van der Waals surface area contributed by atoms with Gasteiger partial charge < -0.3 is 14.4 Å². The number of hydrogen-bond donors (Lipinski definition) is 0. The fraction of sp³-hybridized carbons (Fsp3) is 0.435. The van der Waals surface area contributed by atoms with Crippen molar-refractivity contribution < 1.29 is 22.7 Å². The number of nitrogens with zero attached hydrogens (tertiary/aromatic N) is 2. The molecule has 1 fully saturated rings. The summed E-state index contributed by atoms with van der Waals surface area (Å²) in [5.74, 6) is 1.08. The molecule has 1 unspecified atom stereocenters. The Morgan fingerprint density at radius 2 is 1.84 bits per heavy atom. The Hall–Kier alpha value is -2.58. The summed E-state index contributed by atoms with van der Waals surface area (Å²) in [5, 5.41) is 0. The van der Waals surface area contributed by atoms with E-state index in [1.807, 2.05) is 24.3 Å². The quantitative estimate of drug-likeness (QED) is 0.718. The van der Waals surface area contributed by atoms with Crippen LogP contribution >= 0.6 is 0 Å². The van der Waals surface area contributed by atoms with Crippen molar-refractivity contribution >= 4 is 21.6 Å². The predicted octanol–water partition coefficient (Wildman–Crippen LogP) is 3.75. The van der Waals surface area contributed by atoms with Gasteiger partial charge in [0.05, 0.1) is 30.3 Å². The van der Waals surface area contributed by atoms with Crippen LogP contribution in [0.15, 0.2) is 47.4 Å². The number of methoxy groups -OCH3 is 1. The summed E-state index contributed by atoms with van der Waals surface area (Å²) in [4.78, 5) is 13.7. The van der Waals surface area contributed by atoms with E-state index in [2.05, 4.69) is 0 Å². The van der Waals surface area contributed by atoms with Gasteiger partial charge in [-0.1, -0.05) is 25.0 Å². The molecule has 1 saturated heterocycles. The minimum absolute atomic E-state index is 0.0905. The van der Waals surface area contributed by atoms with E-state index in [0.29, 0.717) is 31.1 Å². The number of anilines is 1. The van der Waals surface area contributed by atoms with Crippen molar-refractivity contribution in [3.05, 3.63) is 48.0 Å². The number of hydrogen-bond acceptors (Lipinski definition) is 5. The second-order valence-corrected chi connectivity index (χ2v) is 9.79. The first-order valence-corrected chi connectivity index (χ1v) is 12.1. The largest absolute Gasteiger partial charge is 0.497 e. The molecule has 2 aliphatic heterocycles. The average Bonchev–Trinajstić information content (AvgIpc) is 3.05. The van der Waals surface area contributed by atoms with Gasteiger partial charge in [0.2, 0.25) is 15.9 Å². The summed E-state index contributed by atoms with van der Waals surface area (Å²) in [7, 11) is -2.14. The fourth-order valence-electron chi connectivity index (χ4n) is 4.35. The van der Waals surface area contributed by atoms with Gasteiger partial charge in [-0.25, -0.2) is 8.42 Å². The summed E-state index contributed by atoms with van der Waals surface area (Å²) in [6.07, 6.45) is 3.57. The lowest BCUT2D eigenvalue weighted by molar-refractivity contribution is -0.116. The van der Waals surface area contributed by atoms with E-state index in [0.717, 1.165) is 37.0 Å². The second kappa shape index (κ2) is 8.88. The third-order valence-corrected chi connectivity index (χ3v) is 7.89. The Kier molecular flexibility index (Phi) is 6.20. The third-order valence-electron chi connectivity index (χ3n) is 5.99. The van der Waals surface area contributed by atoms with E-state index in [-0.39, 0.29) is 16.8 Å². The highest BCUT2D eigenvalue weighted by atomic mass is 32.2. The molecule has 0 N–H and O–H groups in total. The molecule has 0 spiro atoms. The number of carbonyl (C=O) groups is 1. The number of benzene rings is 2. The van der Waals surface area contributed by atoms with E-state index in [4.69, 9.17) is 9.47 Å². The zero-order valence-corrected chi connectivity index (χ0v) is 18.7. The maximum atomic E-state index is 13.7. The zero-order valence-electron chi connectivity index (χ0n) is 17.9. The molecule has 2 aromatic carbocycles. The number of carbonyl (C=O) groups excluding carboxylic acids is 1. The van der Waals surface area contributed by atoms with Crippen LogP contribution < -0.4 is 14.4 Å². The Morgan fingerprint density at radius 1 is 1.06 bits per heavy atom. The van der Waals surface area contributed by atoms with E-state index >= 15 is 0 Å². The Bertz CT molecular complexity index is 1050. The van der Waals surface area contributed by atoms with Crippen molar-refractivity contribution in [2.45, 2.75) is 43.5 Å². The third kappa shape index (κ3) is 4.27. The Labute approximate surface area is 183 Å². The molecule has 31 heavy (non-hydrogen) atoms. The summed E-state index contributed by atoms with van der Waals surface area (Å²) >= 11 is 0. The van der Waals surface area contributed by atoms with Crippen molar-refractivity contribution in [3.8, 4) is 11.5 Å². The van der Waals surface area contributed by atoms with E-state index in [1.165, 1.54) is 6.92 Å². The summed E-state index contributed by atoms with van der Waals surface area (Å²) in [6.45, 7) is 2.77. The molecule has 0 bridgehead atoms. The number of ether oxygens (including phenoxy) is 2. The van der Waals surface area contributed by atoms with Crippen LogP contribution in [0.5, 0.6) is 11.5 Å². The van der Waals surface area contributed by atoms with Crippen LogP contribution in [-0.4, -0.2) is 45.4 Å². The first-order chi connectivity index (χ1) is 14.9. The number of fused-ring (bicyclic) bond motifs is 1. The van der Waals surface area contributed by atoms with Crippen LogP contribution in [0.3, 0.4) is 0 Å². The second-order valence-electron chi connectivity index (χ2n) is 7.90. The highest BCUT2D eigenvalue weighted by Gasteiger charge is 2.34. The topological polar surface area (TPSA) is 76.2 Å². The van der Waals surface area contributed by atoms with E-state index in [9.17, 15) is 13.2 Å². The van der Waals surface area contributed by atoms with E-state index in [1.54, 1.807) is 34.5 Å². The van der Waals surface area contributed by atoms with Gasteiger partial charge in [0, 0.05) is 19.5 Å². The SMILES string of the molecule is COc1ccc(C2CCCCCN2S(=O)(=O)c2ccc3c(c2)OCCN3C(C)=O)cc1. The van der Waals surface area contributed by atoms with Crippen molar-refractivity contribution in [2.24, 2.45) is 0 Å². The molecule has 4 rings (SSSR count). The lowest BCUT2D eigenvalue weighted by atomic mass is 10.0. The van der Waals surface area contributed by atoms with Gasteiger partial charge in [-0.2, -0.15) is 4.31 Å². The van der Waals surface area contributed by atoms with Crippen molar-refractivity contribution in [1.82, 2.24) is 4.31 Å². The highest BCUT2D eigenvalue weighted by molar-refractivity contribution is 7.89. The zero-order chi connectivity index (χ0) is 22.0. The molecule has 7 nitrogen and oxygen atoms in total. The molecule has 8 heteroatoms. The molecule has 1 atom stereocenters. The van der Waals surface area contributed by atoms with Crippen molar-refractivity contribution in [1.29, 1.82) is 0 Å². The molecule has 2 aliphatic rings. The van der Waals surface area contributed by atoms with Gasteiger partial charge in [0.15, 0.2) is 0 Å². The molecule has 0 saturated carbocycles. The van der Waals surface area contributed by atoms with Crippen LogP contribution in [0.2, 0.25) is 0 Å². The number of sulfonamides is 1. The molecular weight excluding hydrogens is 416 g/mol. The van der Waals surface area contributed by atoms with Gasteiger partial charge in [-0.05, 0) is 42.7 Å². The summed E-state index contributed by atoms with van der Waals surface area (Å²) in [6, 6.07) is 12.2. The maximum absolute atomic E-state index is 13.7.